The van der Waals surface area contributed by atoms with E-state index in [2.05, 4.69) is 12.2 Å². The van der Waals surface area contributed by atoms with Crippen LogP contribution in [0.5, 0.6) is 11.5 Å². The van der Waals surface area contributed by atoms with Gasteiger partial charge in [0.2, 0.25) is 0 Å². The molecule has 0 unspecified atom stereocenters. The Hall–Kier alpha value is -2.30. The van der Waals surface area contributed by atoms with E-state index in [0.717, 1.165) is 36.1 Å². The third kappa shape index (κ3) is 4.08. The molecule has 4 rings (SSSR count). The highest BCUT2D eigenvalue weighted by Gasteiger charge is 2.23. The van der Waals surface area contributed by atoms with Crippen LogP contribution in [0.1, 0.15) is 39.7 Å². The van der Waals surface area contributed by atoms with E-state index < -0.39 is 0 Å². The van der Waals surface area contributed by atoms with E-state index in [1.807, 2.05) is 36.6 Å². The molecule has 1 aromatic heterocycles. The summed E-state index contributed by atoms with van der Waals surface area (Å²) in [5.41, 5.74) is 3.65. The Morgan fingerprint density at radius 2 is 2.11 bits per heavy atom. The van der Waals surface area contributed by atoms with E-state index in [1.165, 1.54) is 10.4 Å². The summed E-state index contributed by atoms with van der Waals surface area (Å²) in [5, 5.41) is 5.53. The van der Waals surface area contributed by atoms with Crippen molar-refractivity contribution >= 4 is 34.5 Å². The first-order valence-electron chi connectivity index (χ1n) is 9.44. The molecule has 0 fully saturated rings. The number of aryl methyl sites for hydroxylation is 1. The van der Waals surface area contributed by atoms with Gasteiger partial charge in [0.15, 0.2) is 5.75 Å². The minimum atomic E-state index is -0.108. The monoisotopic (exact) mass is 411 g/mol. The summed E-state index contributed by atoms with van der Waals surface area (Å²) in [7, 11) is 0. The first kappa shape index (κ1) is 19.0. The number of ether oxygens (including phenoxy) is 1. The molecule has 0 bridgehead atoms. The molecule has 1 heterocycles. The predicted molar refractivity (Wildman–Crippen MR) is 116 cm³/mol. The summed E-state index contributed by atoms with van der Waals surface area (Å²) < 4.78 is 6.02. The molecule has 0 radical (unpaired) electrons. The molecule has 28 heavy (non-hydrogen) atoms. The molecule has 0 saturated carbocycles. The lowest BCUT2D eigenvalue weighted by Gasteiger charge is -2.19. The average molecular weight is 412 g/mol. The van der Waals surface area contributed by atoms with E-state index in [1.54, 1.807) is 29.5 Å². The lowest BCUT2D eigenvalue weighted by molar-refractivity contribution is 0.102. The molecule has 1 aliphatic carbocycles. The molecule has 1 aliphatic rings. The molecule has 1 amide bonds. The van der Waals surface area contributed by atoms with E-state index >= 15 is 0 Å². The van der Waals surface area contributed by atoms with Crippen LogP contribution >= 0.6 is 22.9 Å². The zero-order chi connectivity index (χ0) is 19.7. The molecule has 2 aromatic carbocycles. The highest BCUT2D eigenvalue weighted by atomic mass is 35.5. The number of nitrogens with one attached hydrogen (secondary N) is 1. The highest BCUT2D eigenvalue weighted by Crippen LogP contribution is 2.35. The topological polar surface area (TPSA) is 38.3 Å². The fourth-order valence-electron chi connectivity index (χ4n) is 3.55. The SMILES string of the molecule is Cc1cccc(Oc2ccc(Cl)cc2NC(=O)c2csc3c2CC[C@H](C)C3)c1. The first-order chi connectivity index (χ1) is 13.5. The van der Waals surface area contributed by atoms with Crippen LogP contribution in [0, 0.1) is 12.8 Å². The minimum absolute atomic E-state index is 0.108. The van der Waals surface area contributed by atoms with Crippen molar-refractivity contribution in [2.75, 3.05) is 5.32 Å². The Bertz CT molecular complexity index is 1030. The van der Waals surface area contributed by atoms with Gasteiger partial charge in [-0.2, -0.15) is 0 Å². The Labute approximate surface area is 174 Å². The third-order valence-electron chi connectivity index (χ3n) is 5.05. The van der Waals surface area contributed by atoms with Gasteiger partial charge in [0, 0.05) is 15.3 Å². The maximum atomic E-state index is 13.0. The second kappa shape index (κ2) is 7.98. The summed E-state index contributed by atoms with van der Waals surface area (Å²) in [6, 6.07) is 13.1. The second-order valence-electron chi connectivity index (χ2n) is 7.41. The highest BCUT2D eigenvalue weighted by molar-refractivity contribution is 7.10. The largest absolute Gasteiger partial charge is 0.455 e. The van der Waals surface area contributed by atoms with Crippen molar-refractivity contribution in [3.8, 4) is 11.5 Å². The van der Waals surface area contributed by atoms with Gasteiger partial charge in [0.1, 0.15) is 5.75 Å². The lowest BCUT2D eigenvalue weighted by Crippen LogP contribution is -2.16. The van der Waals surface area contributed by atoms with Crippen molar-refractivity contribution in [3.63, 3.8) is 0 Å². The number of anilines is 1. The molecular weight excluding hydrogens is 390 g/mol. The lowest BCUT2D eigenvalue weighted by atomic mass is 9.88. The predicted octanol–water partition coefficient (Wildman–Crippen LogP) is 6.88. The van der Waals surface area contributed by atoms with Gasteiger partial charge in [-0.3, -0.25) is 4.79 Å². The quantitative estimate of drug-likeness (QED) is 0.508. The zero-order valence-corrected chi connectivity index (χ0v) is 17.5. The number of halogens is 1. The van der Waals surface area contributed by atoms with Crippen molar-refractivity contribution in [2.24, 2.45) is 5.92 Å². The number of carbonyl (C=O) groups is 1. The molecule has 3 nitrogen and oxygen atoms in total. The van der Waals surface area contributed by atoms with Crippen LogP contribution in [0.25, 0.3) is 0 Å². The summed E-state index contributed by atoms with van der Waals surface area (Å²) in [6.07, 6.45) is 3.15. The van der Waals surface area contributed by atoms with Gasteiger partial charge in [-0.25, -0.2) is 0 Å². The standard InChI is InChI=1S/C23H22ClNO2S/c1-14-4-3-5-17(10-14)27-21-9-7-16(24)12-20(21)25-23(26)19-13-28-22-11-15(2)6-8-18(19)22/h3-5,7,9-10,12-13,15H,6,8,11H2,1-2H3,(H,25,26)/t15-/m0/s1. The van der Waals surface area contributed by atoms with Crippen molar-refractivity contribution < 1.29 is 9.53 Å². The Morgan fingerprint density at radius 1 is 1.25 bits per heavy atom. The van der Waals surface area contributed by atoms with Crippen molar-refractivity contribution in [2.45, 2.75) is 33.1 Å². The van der Waals surface area contributed by atoms with Crippen LogP contribution in [-0.4, -0.2) is 5.91 Å². The van der Waals surface area contributed by atoms with Gasteiger partial charge in [-0.1, -0.05) is 30.7 Å². The van der Waals surface area contributed by atoms with Crippen LogP contribution in [0.2, 0.25) is 5.02 Å². The minimum Gasteiger partial charge on any atom is -0.455 e. The maximum Gasteiger partial charge on any atom is 0.256 e. The molecule has 0 spiro atoms. The van der Waals surface area contributed by atoms with E-state index in [-0.39, 0.29) is 5.91 Å². The van der Waals surface area contributed by atoms with Crippen molar-refractivity contribution in [1.29, 1.82) is 0 Å². The summed E-state index contributed by atoms with van der Waals surface area (Å²) in [5.74, 6) is 1.87. The summed E-state index contributed by atoms with van der Waals surface area (Å²) in [6.45, 7) is 4.28. The fraction of sp³-hybridized carbons (Fsp3) is 0.261. The Kier molecular flexibility index (Phi) is 5.42. The van der Waals surface area contributed by atoms with Gasteiger partial charge < -0.3 is 10.1 Å². The Balaban J connectivity index is 1.59. The number of rotatable bonds is 4. The van der Waals surface area contributed by atoms with E-state index in [0.29, 0.717) is 22.4 Å². The zero-order valence-electron chi connectivity index (χ0n) is 15.9. The smallest absolute Gasteiger partial charge is 0.256 e. The Morgan fingerprint density at radius 3 is 2.93 bits per heavy atom. The van der Waals surface area contributed by atoms with E-state index in [9.17, 15) is 4.79 Å². The van der Waals surface area contributed by atoms with Crippen molar-refractivity contribution in [3.05, 3.63) is 74.4 Å². The average Bonchev–Trinajstić information content (AvgIpc) is 3.07. The summed E-state index contributed by atoms with van der Waals surface area (Å²) in [4.78, 5) is 14.3. The van der Waals surface area contributed by atoms with Crippen molar-refractivity contribution in [1.82, 2.24) is 0 Å². The molecule has 144 valence electrons. The molecular formula is C23H22ClNO2S. The van der Waals surface area contributed by atoms with Crippen LogP contribution in [0.15, 0.2) is 47.8 Å². The number of hydrogen-bond donors (Lipinski definition) is 1. The van der Waals surface area contributed by atoms with Gasteiger partial charge in [-0.15, -0.1) is 11.3 Å². The molecule has 5 heteroatoms. The molecule has 1 N–H and O–H groups in total. The number of fused-ring (bicyclic) bond motifs is 1. The maximum absolute atomic E-state index is 13.0. The number of hydrogen-bond acceptors (Lipinski definition) is 3. The van der Waals surface area contributed by atoms with Crippen LogP contribution in [0.3, 0.4) is 0 Å². The van der Waals surface area contributed by atoms with Gasteiger partial charge >= 0.3 is 0 Å². The molecule has 0 saturated heterocycles. The number of carbonyl (C=O) groups excluding carboxylic acids is 1. The number of thiophene rings is 1. The van der Waals surface area contributed by atoms with Crippen LogP contribution in [-0.2, 0) is 12.8 Å². The fourth-order valence-corrected chi connectivity index (χ4v) is 4.97. The van der Waals surface area contributed by atoms with E-state index in [4.69, 9.17) is 16.3 Å². The molecule has 1 atom stereocenters. The normalized spacial score (nSPS) is 15.8. The second-order valence-corrected chi connectivity index (χ2v) is 8.81. The third-order valence-corrected chi connectivity index (χ3v) is 6.34. The first-order valence-corrected chi connectivity index (χ1v) is 10.7. The number of amides is 1. The van der Waals surface area contributed by atoms with Gasteiger partial charge in [-0.05, 0) is 73.6 Å². The van der Waals surface area contributed by atoms with Crippen LogP contribution < -0.4 is 10.1 Å². The van der Waals surface area contributed by atoms with Gasteiger partial charge in [0.05, 0.1) is 11.3 Å². The molecule has 0 aliphatic heterocycles. The van der Waals surface area contributed by atoms with Crippen LogP contribution in [0.4, 0.5) is 5.69 Å². The molecule has 3 aromatic rings. The number of benzene rings is 2. The van der Waals surface area contributed by atoms with Gasteiger partial charge in [0.25, 0.3) is 5.91 Å². The summed E-state index contributed by atoms with van der Waals surface area (Å²) >= 11 is 7.87.